The maximum atomic E-state index is 9.71. The van der Waals surface area contributed by atoms with E-state index < -0.39 is 5.60 Å². The quantitative estimate of drug-likeness (QED) is 0.855. The molecule has 0 bridgehead atoms. The second kappa shape index (κ2) is 5.72. The summed E-state index contributed by atoms with van der Waals surface area (Å²) in [7, 11) is 0. The summed E-state index contributed by atoms with van der Waals surface area (Å²) < 4.78 is 0. The van der Waals surface area contributed by atoms with Crippen molar-refractivity contribution in [1.29, 1.82) is 0 Å². The van der Waals surface area contributed by atoms with Crippen molar-refractivity contribution in [2.45, 2.75) is 38.3 Å². The normalized spacial score (nSPS) is 18.1. The van der Waals surface area contributed by atoms with Crippen LogP contribution in [0.3, 0.4) is 0 Å². The molecule has 18 heavy (non-hydrogen) atoms. The van der Waals surface area contributed by atoms with Gasteiger partial charge in [-0.3, -0.25) is 0 Å². The lowest BCUT2D eigenvalue weighted by Gasteiger charge is -2.35. The van der Waals surface area contributed by atoms with Crippen LogP contribution in [0.2, 0.25) is 0 Å². The van der Waals surface area contributed by atoms with Crippen LogP contribution in [0.15, 0.2) is 30.3 Å². The first-order valence-corrected chi connectivity index (χ1v) is 6.80. The fourth-order valence-electron chi connectivity index (χ4n) is 2.37. The molecule has 1 aliphatic heterocycles. The highest BCUT2D eigenvalue weighted by atomic mass is 16.3. The molecular formula is C15H24N2O. The second-order valence-corrected chi connectivity index (χ2v) is 5.79. The molecule has 1 heterocycles. The molecule has 0 spiro atoms. The maximum absolute atomic E-state index is 9.71. The van der Waals surface area contributed by atoms with Crippen LogP contribution in [0.4, 0.5) is 5.69 Å². The number of piperidine rings is 1. The summed E-state index contributed by atoms with van der Waals surface area (Å²) in [5, 5.41) is 13.2. The Balaban J connectivity index is 1.78. The average molecular weight is 248 g/mol. The highest BCUT2D eigenvalue weighted by Gasteiger charge is 2.21. The molecule has 0 unspecified atom stereocenters. The summed E-state index contributed by atoms with van der Waals surface area (Å²) in [6.07, 6.45) is 2.29. The Morgan fingerprint density at radius 2 is 1.83 bits per heavy atom. The number of nitrogens with one attached hydrogen (secondary N) is 1. The van der Waals surface area contributed by atoms with Gasteiger partial charge in [0.15, 0.2) is 0 Å². The van der Waals surface area contributed by atoms with Gasteiger partial charge in [-0.05, 0) is 38.8 Å². The summed E-state index contributed by atoms with van der Waals surface area (Å²) >= 11 is 0. The third kappa shape index (κ3) is 4.00. The largest absolute Gasteiger partial charge is 0.389 e. The van der Waals surface area contributed by atoms with Crippen molar-refractivity contribution in [3.8, 4) is 0 Å². The molecule has 2 rings (SSSR count). The Hall–Kier alpha value is -1.06. The first kappa shape index (κ1) is 13.4. The SMILES string of the molecule is CC(C)(O)CNC1CCN(c2ccccc2)CC1. The summed E-state index contributed by atoms with van der Waals surface area (Å²) in [5.74, 6) is 0. The van der Waals surface area contributed by atoms with E-state index in [2.05, 4.69) is 40.5 Å². The third-order valence-corrected chi connectivity index (χ3v) is 3.44. The van der Waals surface area contributed by atoms with Gasteiger partial charge < -0.3 is 15.3 Å². The van der Waals surface area contributed by atoms with Gasteiger partial charge in [-0.25, -0.2) is 0 Å². The number of anilines is 1. The lowest BCUT2D eigenvalue weighted by molar-refractivity contribution is 0.0752. The van der Waals surface area contributed by atoms with Crippen LogP contribution in [-0.4, -0.2) is 36.4 Å². The molecule has 0 aliphatic carbocycles. The molecule has 1 fully saturated rings. The third-order valence-electron chi connectivity index (χ3n) is 3.44. The van der Waals surface area contributed by atoms with Gasteiger partial charge in [0.05, 0.1) is 5.60 Å². The van der Waals surface area contributed by atoms with E-state index in [1.807, 2.05) is 13.8 Å². The van der Waals surface area contributed by atoms with Crippen molar-refractivity contribution in [2.75, 3.05) is 24.5 Å². The molecular weight excluding hydrogens is 224 g/mol. The van der Waals surface area contributed by atoms with Gasteiger partial charge in [-0.15, -0.1) is 0 Å². The van der Waals surface area contributed by atoms with Crippen LogP contribution in [0.5, 0.6) is 0 Å². The Morgan fingerprint density at radius 1 is 1.22 bits per heavy atom. The molecule has 1 aromatic rings. The Morgan fingerprint density at radius 3 is 2.39 bits per heavy atom. The molecule has 100 valence electrons. The molecule has 0 amide bonds. The number of nitrogens with zero attached hydrogens (tertiary/aromatic N) is 1. The van der Waals surface area contributed by atoms with Crippen LogP contribution in [0.1, 0.15) is 26.7 Å². The summed E-state index contributed by atoms with van der Waals surface area (Å²) in [4.78, 5) is 2.43. The molecule has 0 atom stereocenters. The van der Waals surface area contributed by atoms with Crippen LogP contribution < -0.4 is 10.2 Å². The number of hydrogen-bond donors (Lipinski definition) is 2. The molecule has 0 aromatic heterocycles. The van der Waals surface area contributed by atoms with Crippen molar-refractivity contribution < 1.29 is 5.11 Å². The second-order valence-electron chi connectivity index (χ2n) is 5.79. The van der Waals surface area contributed by atoms with Crippen molar-refractivity contribution >= 4 is 5.69 Å². The van der Waals surface area contributed by atoms with Gasteiger partial charge in [0, 0.05) is 31.4 Å². The topological polar surface area (TPSA) is 35.5 Å². The molecule has 1 aliphatic rings. The zero-order chi connectivity index (χ0) is 13.0. The minimum atomic E-state index is -0.615. The van der Waals surface area contributed by atoms with Gasteiger partial charge in [0.25, 0.3) is 0 Å². The number of rotatable bonds is 4. The summed E-state index contributed by atoms with van der Waals surface area (Å²) in [6.45, 7) is 6.54. The lowest BCUT2D eigenvalue weighted by atomic mass is 10.0. The van der Waals surface area contributed by atoms with Crippen molar-refractivity contribution in [2.24, 2.45) is 0 Å². The van der Waals surface area contributed by atoms with E-state index in [4.69, 9.17) is 0 Å². The van der Waals surface area contributed by atoms with Gasteiger partial charge in [0.1, 0.15) is 0 Å². The maximum Gasteiger partial charge on any atom is 0.0715 e. The first-order valence-electron chi connectivity index (χ1n) is 6.80. The Bertz CT molecular complexity index is 351. The smallest absolute Gasteiger partial charge is 0.0715 e. The van der Waals surface area contributed by atoms with E-state index in [9.17, 15) is 5.11 Å². The van der Waals surface area contributed by atoms with Gasteiger partial charge in [-0.2, -0.15) is 0 Å². The first-order chi connectivity index (χ1) is 8.54. The summed E-state index contributed by atoms with van der Waals surface area (Å²) in [6, 6.07) is 11.1. The van der Waals surface area contributed by atoms with E-state index in [-0.39, 0.29) is 0 Å². The van der Waals surface area contributed by atoms with Crippen LogP contribution >= 0.6 is 0 Å². The van der Waals surface area contributed by atoms with Gasteiger partial charge in [-0.1, -0.05) is 18.2 Å². The van der Waals surface area contributed by atoms with E-state index in [0.29, 0.717) is 12.6 Å². The molecule has 2 N–H and O–H groups in total. The number of aliphatic hydroxyl groups is 1. The predicted octanol–water partition coefficient (Wildman–Crippen LogP) is 2.02. The van der Waals surface area contributed by atoms with E-state index in [1.54, 1.807) is 0 Å². The zero-order valence-electron chi connectivity index (χ0n) is 11.4. The van der Waals surface area contributed by atoms with Crippen molar-refractivity contribution in [3.63, 3.8) is 0 Å². The molecule has 1 saturated heterocycles. The Labute approximate surface area is 110 Å². The van der Waals surface area contributed by atoms with Crippen molar-refractivity contribution in [1.82, 2.24) is 5.32 Å². The zero-order valence-corrected chi connectivity index (χ0v) is 11.4. The lowest BCUT2D eigenvalue weighted by Crippen LogP contribution is -2.46. The number of benzene rings is 1. The molecule has 0 radical (unpaired) electrons. The highest BCUT2D eigenvalue weighted by molar-refractivity contribution is 5.46. The van der Waals surface area contributed by atoms with Gasteiger partial charge >= 0.3 is 0 Å². The summed E-state index contributed by atoms with van der Waals surface area (Å²) in [5.41, 5.74) is 0.703. The van der Waals surface area contributed by atoms with Crippen LogP contribution in [0, 0.1) is 0 Å². The number of hydrogen-bond acceptors (Lipinski definition) is 3. The predicted molar refractivity (Wildman–Crippen MR) is 76.0 cm³/mol. The number of para-hydroxylation sites is 1. The Kier molecular flexibility index (Phi) is 4.25. The highest BCUT2D eigenvalue weighted by Crippen LogP contribution is 2.19. The fourth-order valence-corrected chi connectivity index (χ4v) is 2.37. The average Bonchev–Trinajstić information content (AvgIpc) is 2.37. The molecule has 3 heteroatoms. The van der Waals surface area contributed by atoms with E-state index in [1.165, 1.54) is 5.69 Å². The molecule has 0 saturated carbocycles. The molecule has 3 nitrogen and oxygen atoms in total. The monoisotopic (exact) mass is 248 g/mol. The molecule has 1 aromatic carbocycles. The fraction of sp³-hybridized carbons (Fsp3) is 0.600. The van der Waals surface area contributed by atoms with Crippen LogP contribution in [0.25, 0.3) is 0 Å². The standard InChI is InChI=1S/C15H24N2O/c1-15(2,18)12-16-13-8-10-17(11-9-13)14-6-4-3-5-7-14/h3-7,13,16,18H,8-12H2,1-2H3. The van der Waals surface area contributed by atoms with Gasteiger partial charge in [0.2, 0.25) is 0 Å². The van der Waals surface area contributed by atoms with Crippen LogP contribution in [-0.2, 0) is 0 Å². The minimum absolute atomic E-state index is 0.538. The van der Waals surface area contributed by atoms with Crippen molar-refractivity contribution in [3.05, 3.63) is 30.3 Å². The van der Waals surface area contributed by atoms with E-state index >= 15 is 0 Å². The van der Waals surface area contributed by atoms with E-state index in [0.717, 1.165) is 25.9 Å². The minimum Gasteiger partial charge on any atom is -0.389 e.